The maximum atomic E-state index is 13.4. The second-order valence-corrected chi connectivity index (χ2v) is 4.15. The molecular weight excluding hydrogens is 211 g/mol. The van der Waals surface area contributed by atoms with Crippen LogP contribution in [0.1, 0.15) is 18.9 Å². The predicted molar refractivity (Wildman–Crippen MR) is 59.2 cm³/mol. The van der Waals surface area contributed by atoms with E-state index < -0.39 is 10.7 Å². The van der Waals surface area contributed by atoms with Crippen molar-refractivity contribution in [3.63, 3.8) is 0 Å². The first-order chi connectivity index (χ1) is 7.52. The summed E-state index contributed by atoms with van der Waals surface area (Å²) >= 11 is 0. The van der Waals surface area contributed by atoms with Crippen molar-refractivity contribution >= 4 is 11.4 Å². The van der Waals surface area contributed by atoms with Crippen molar-refractivity contribution in [2.24, 2.45) is 0 Å². The van der Waals surface area contributed by atoms with Crippen molar-refractivity contribution in [1.29, 1.82) is 0 Å². The van der Waals surface area contributed by atoms with E-state index in [0.29, 0.717) is 18.0 Å². The highest BCUT2D eigenvalue weighted by atomic mass is 19.1. The van der Waals surface area contributed by atoms with Crippen LogP contribution in [0.5, 0.6) is 0 Å². The van der Waals surface area contributed by atoms with Gasteiger partial charge in [0.25, 0.3) is 0 Å². The molecule has 0 saturated heterocycles. The van der Waals surface area contributed by atoms with Gasteiger partial charge in [-0.3, -0.25) is 10.1 Å². The van der Waals surface area contributed by atoms with E-state index in [4.69, 9.17) is 0 Å². The van der Waals surface area contributed by atoms with Crippen molar-refractivity contribution in [1.82, 2.24) is 0 Å². The molecule has 1 aliphatic heterocycles. The molecule has 1 atom stereocenters. The Bertz CT molecular complexity index is 448. The monoisotopic (exact) mass is 224 g/mol. The summed E-state index contributed by atoms with van der Waals surface area (Å²) in [5.74, 6) is -0.744. The van der Waals surface area contributed by atoms with E-state index >= 15 is 0 Å². The number of hydrogen-bond donors (Lipinski definition) is 0. The van der Waals surface area contributed by atoms with Crippen LogP contribution < -0.4 is 4.90 Å². The Morgan fingerprint density at radius 2 is 2.25 bits per heavy atom. The molecule has 4 nitrogen and oxygen atoms in total. The lowest BCUT2D eigenvalue weighted by Gasteiger charge is -2.33. The van der Waals surface area contributed by atoms with Crippen LogP contribution in [0, 0.1) is 15.9 Å². The fourth-order valence-corrected chi connectivity index (χ4v) is 2.16. The number of halogens is 1. The molecule has 5 heteroatoms. The van der Waals surface area contributed by atoms with Gasteiger partial charge in [-0.25, -0.2) is 0 Å². The number of hydrogen-bond acceptors (Lipinski definition) is 3. The van der Waals surface area contributed by atoms with Gasteiger partial charge in [0.1, 0.15) is 0 Å². The quantitative estimate of drug-likeness (QED) is 0.544. The molecule has 0 saturated carbocycles. The van der Waals surface area contributed by atoms with E-state index in [1.807, 2.05) is 11.9 Å². The molecule has 0 aromatic heterocycles. The average Bonchev–Trinajstić information content (AvgIpc) is 2.22. The zero-order chi connectivity index (χ0) is 11.9. The van der Waals surface area contributed by atoms with Crippen LogP contribution in [0.25, 0.3) is 0 Å². The molecule has 0 spiro atoms. The first-order valence-corrected chi connectivity index (χ1v) is 5.21. The molecule has 0 bridgehead atoms. The third-order valence-electron chi connectivity index (χ3n) is 3.24. The lowest BCUT2D eigenvalue weighted by atomic mass is 9.95. The van der Waals surface area contributed by atoms with Gasteiger partial charge >= 0.3 is 5.69 Å². The maximum absolute atomic E-state index is 13.4. The fourth-order valence-electron chi connectivity index (χ4n) is 2.16. The van der Waals surface area contributed by atoms with Gasteiger partial charge in [0.05, 0.1) is 10.5 Å². The summed E-state index contributed by atoms with van der Waals surface area (Å²) in [4.78, 5) is 12.2. The molecule has 86 valence electrons. The second-order valence-electron chi connectivity index (χ2n) is 4.15. The summed E-state index contributed by atoms with van der Waals surface area (Å²) < 4.78 is 13.4. The molecule has 1 aliphatic rings. The molecule has 1 heterocycles. The van der Waals surface area contributed by atoms with Crippen LogP contribution in [0.2, 0.25) is 0 Å². The lowest BCUT2D eigenvalue weighted by molar-refractivity contribution is -0.388. The van der Waals surface area contributed by atoms with Gasteiger partial charge in [-0.05, 0) is 31.9 Å². The number of nitro groups is 1. The van der Waals surface area contributed by atoms with Gasteiger partial charge in [-0.2, -0.15) is 4.39 Å². The summed E-state index contributed by atoms with van der Waals surface area (Å²) in [5.41, 5.74) is 0.925. The third-order valence-corrected chi connectivity index (χ3v) is 3.24. The highest BCUT2D eigenvalue weighted by Crippen LogP contribution is 2.37. The van der Waals surface area contributed by atoms with E-state index in [9.17, 15) is 14.5 Å². The average molecular weight is 224 g/mol. The van der Waals surface area contributed by atoms with Crippen molar-refractivity contribution in [3.05, 3.63) is 33.6 Å². The minimum Gasteiger partial charge on any atom is -0.371 e. The Hall–Kier alpha value is -1.65. The Kier molecular flexibility index (Phi) is 2.53. The SMILES string of the molecule is CC1CCc2c(ccc(F)c2[N+](=O)[O-])N1C. The van der Waals surface area contributed by atoms with Gasteiger partial charge in [-0.15, -0.1) is 0 Å². The van der Waals surface area contributed by atoms with Crippen LogP contribution in [0.4, 0.5) is 15.8 Å². The van der Waals surface area contributed by atoms with Crippen LogP contribution in [-0.2, 0) is 6.42 Å². The number of nitro benzene ring substituents is 1. The molecule has 0 aliphatic carbocycles. The minimum absolute atomic E-state index is 0.331. The normalized spacial score (nSPS) is 19.4. The van der Waals surface area contributed by atoms with Crippen molar-refractivity contribution in [2.45, 2.75) is 25.8 Å². The first-order valence-electron chi connectivity index (χ1n) is 5.21. The summed E-state index contributed by atoms with van der Waals surface area (Å²) in [7, 11) is 1.88. The lowest BCUT2D eigenvalue weighted by Crippen LogP contribution is -2.34. The third kappa shape index (κ3) is 1.52. The largest absolute Gasteiger partial charge is 0.371 e. The number of nitrogens with zero attached hydrogens (tertiary/aromatic N) is 2. The smallest absolute Gasteiger partial charge is 0.310 e. The maximum Gasteiger partial charge on any atom is 0.310 e. The summed E-state index contributed by atoms with van der Waals surface area (Å²) in [6.07, 6.45) is 1.38. The number of benzene rings is 1. The van der Waals surface area contributed by atoms with Crippen molar-refractivity contribution in [3.8, 4) is 0 Å². The minimum atomic E-state index is -0.744. The van der Waals surface area contributed by atoms with E-state index in [1.165, 1.54) is 6.07 Å². The van der Waals surface area contributed by atoms with Crippen LogP contribution >= 0.6 is 0 Å². The Morgan fingerprint density at radius 1 is 1.56 bits per heavy atom. The summed E-state index contributed by atoms with van der Waals surface area (Å²) in [6, 6.07) is 3.12. The van der Waals surface area contributed by atoms with Gasteiger partial charge < -0.3 is 4.90 Å². The number of fused-ring (bicyclic) bond motifs is 1. The van der Waals surface area contributed by atoms with E-state index in [2.05, 4.69) is 6.92 Å². The van der Waals surface area contributed by atoms with Crippen molar-refractivity contribution in [2.75, 3.05) is 11.9 Å². The highest BCUT2D eigenvalue weighted by Gasteiger charge is 2.29. The molecule has 0 N–H and O–H groups in total. The fraction of sp³-hybridized carbons (Fsp3) is 0.455. The predicted octanol–water partition coefficient (Wildman–Crippen LogP) is 2.50. The molecule has 0 radical (unpaired) electrons. The summed E-state index contributed by atoms with van der Waals surface area (Å²) in [5, 5.41) is 10.8. The van der Waals surface area contributed by atoms with Gasteiger partial charge in [0, 0.05) is 18.8 Å². The molecule has 1 aromatic carbocycles. The van der Waals surface area contributed by atoms with Gasteiger partial charge in [-0.1, -0.05) is 0 Å². The second kappa shape index (κ2) is 3.73. The zero-order valence-electron chi connectivity index (χ0n) is 9.24. The zero-order valence-corrected chi connectivity index (χ0v) is 9.24. The molecule has 0 amide bonds. The van der Waals surface area contributed by atoms with Crippen LogP contribution in [0.15, 0.2) is 12.1 Å². The topological polar surface area (TPSA) is 46.4 Å². The van der Waals surface area contributed by atoms with Crippen LogP contribution in [-0.4, -0.2) is 18.0 Å². The molecule has 1 aromatic rings. The Balaban J connectivity index is 2.61. The summed E-state index contributed by atoms with van der Waals surface area (Å²) in [6.45, 7) is 2.05. The highest BCUT2D eigenvalue weighted by molar-refractivity contribution is 5.64. The van der Waals surface area contributed by atoms with E-state index in [-0.39, 0.29) is 5.69 Å². The Labute approximate surface area is 92.8 Å². The molecular formula is C11H13FN2O2. The molecule has 16 heavy (non-hydrogen) atoms. The van der Waals surface area contributed by atoms with E-state index in [1.54, 1.807) is 6.07 Å². The standard InChI is InChI=1S/C11H13FN2O2/c1-7-3-4-8-10(13(7)2)6-5-9(12)11(8)14(15)16/h5-7H,3-4H2,1-2H3. The number of anilines is 1. The molecule has 2 rings (SSSR count). The van der Waals surface area contributed by atoms with E-state index in [0.717, 1.165) is 12.1 Å². The number of rotatable bonds is 1. The van der Waals surface area contributed by atoms with Gasteiger partial charge in [0.2, 0.25) is 5.82 Å². The van der Waals surface area contributed by atoms with Crippen molar-refractivity contribution < 1.29 is 9.31 Å². The molecule has 0 fully saturated rings. The first kappa shape index (κ1) is 10.9. The van der Waals surface area contributed by atoms with Gasteiger partial charge in [0.15, 0.2) is 0 Å². The van der Waals surface area contributed by atoms with Crippen LogP contribution in [0.3, 0.4) is 0 Å². The Morgan fingerprint density at radius 3 is 2.88 bits per heavy atom. The molecule has 1 unspecified atom stereocenters.